The van der Waals surface area contributed by atoms with E-state index in [-0.39, 0.29) is 4.90 Å². The zero-order valence-electron chi connectivity index (χ0n) is 13.5. The second-order valence-electron chi connectivity index (χ2n) is 5.05. The van der Waals surface area contributed by atoms with E-state index in [4.69, 9.17) is 16.3 Å². The number of aryl methyl sites for hydroxylation is 3. The molecule has 8 heteroatoms. The van der Waals surface area contributed by atoms with Crippen molar-refractivity contribution in [2.75, 3.05) is 18.7 Å². The second-order valence-corrected chi connectivity index (χ2v) is 6.37. The van der Waals surface area contributed by atoms with E-state index in [0.717, 1.165) is 5.56 Å². The lowest BCUT2D eigenvalue weighted by atomic mass is 10.1. The summed E-state index contributed by atoms with van der Waals surface area (Å²) in [6.07, 6.45) is 1.65. The van der Waals surface area contributed by atoms with E-state index >= 15 is 0 Å². The Labute approximate surface area is 136 Å². The fraction of sp³-hybridized carbons (Fsp3) is 0.267. The molecule has 0 saturated heterocycles. The Bertz CT molecular complexity index is 781. The average molecular weight is 339 g/mol. The van der Waals surface area contributed by atoms with Crippen molar-refractivity contribution >= 4 is 15.9 Å². The highest BCUT2D eigenvalue weighted by molar-refractivity contribution is 7.85. The number of hydrogen-bond acceptors (Lipinski definition) is 6. The molecule has 126 valence electrons. The molecule has 23 heavy (non-hydrogen) atoms. The van der Waals surface area contributed by atoms with E-state index in [9.17, 15) is 13.0 Å². The molecule has 0 atom stereocenters. The van der Waals surface area contributed by atoms with E-state index in [0.29, 0.717) is 22.7 Å². The van der Waals surface area contributed by atoms with Gasteiger partial charge in [0.05, 0.1) is 12.0 Å². The van der Waals surface area contributed by atoms with E-state index in [1.807, 2.05) is 6.92 Å². The van der Waals surface area contributed by atoms with Crippen LogP contribution < -0.4 is 21.0 Å². The predicted molar refractivity (Wildman–Crippen MR) is 86.4 cm³/mol. The fourth-order valence-electron chi connectivity index (χ4n) is 2.25. The molecule has 0 unspecified atom stereocenters. The highest BCUT2D eigenvalue weighted by atomic mass is 32.2. The quantitative estimate of drug-likeness (QED) is 0.474. The summed E-state index contributed by atoms with van der Waals surface area (Å²) >= 11 is 0. The van der Waals surface area contributed by atoms with Crippen molar-refractivity contribution in [3.8, 4) is 5.75 Å². The van der Waals surface area contributed by atoms with Gasteiger partial charge in [-0.3, -0.25) is 11.6 Å². The first-order valence-corrected chi connectivity index (χ1v) is 8.11. The van der Waals surface area contributed by atoms with Crippen LogP contribution in [0, 0.1) is 20.8 Å². The maximum Gasteiger partial charge on any atom is 0.338 e. The smallest absolute Gasteiger partial charge is 0.338 e. The number of nitrogens with zero attached hydrogens (tertiary/aromatic N) is 1. The van der Waals surface area contributed by atoms with Gasteiger partial charge in [0.1, 0.15) is 16.3 Å². The molecule has 0 aliphatic carbocycles. The summed E-state index contributed by atoms with van der Waals surface area (Å²) in [7, 11) is -2.78. The van der Waals surface area contributed by atoms with Crippen molar-refractivity contribution in [3.05, 3.63) is 47.2 Å². The predicted octanol–water partition coefficient (Wildman–Crippen LogP) is 0.795. The van der Waals surface area contributed by atoms with Gasteiger partial charge in [-0.2, -0.15) is 0 Å². The van der Waals surface area contributed by atoms with Gasteiger partial charge in [0, 0.05) is 0 Å². The summed E-state index contributed by atoms with van der Waals surface area (Å²) in [6, 6.07) is 6.89. The highest BCUT2D eigenvalue weighted by Gasteiger charge is 2.09. The highest BCUT2D eigenvalue weighted by Crippen LogP contribution is 2.20. The molecule has 0 fully saturated rings. The van der Waals surface area contributed by atoms with Crippen molar-refractivity contribution in [2.45, 2.75) is 25.7 Å². The molecule has 0 bridgehead atoms. The van der Waals surface area contributed by atoms with Crippen LogP contribution in [0.25, 0.3) is 0 Å². The van der Waals surface area contributed by atoms with Crippen molar-refractivity contribution in [3.63, 3.8) is 0 Å². The fourth-order valence-corrected chi connectivity index (χ4v) is 3.16. The number of nitrogens with two attached hydrogens (primary N) is 2. The van der Waals surface area contributed by atoms with Crippen LogP contribution in [-0.2, 0) is 10.1 Å². The molecule has 1 aromatic heterocycles. The molecule has 4 N–H and O–H groups in total. The van der Waals surface area contributed by atoms with Gasteiger partial charge in [0.15, 0.2) is 0 Å². The van der Waals surface area contributed by atoms with Gasteiger partial charge in [0.25, 0.3) is 0 Å². The minimum atomic E-state index is -4.33. The normalized spacial score (nSPS) is 10.7. The number of pyridine rings is 1. The van der Waals surface area contributed by atoms with Crippen LogP contribution in [0.4, 0.5) is 5.82 Å². The summed E-state index contributed by atoms with van der Waals surface area (Å²) in [4.78, 5) is -0.0851. The minimum absolute atomic E-state index is 0.0851. The molecule has 1 aromatic carbocycles. The minimum Gasteiger partial charge on any atom is -0.744 e. The summed E-state index contributed by atoms with van der Waals surface area (Å²) in [6.45, 7) is 5.12. The van der Waals surface area contributed by atoms with Crippen LogP contribution in [0.5, 0.6) is 5.75 Å². The average Bonchev–Trinajstić information content (AvgIpc) is 2.39. The Kier molecular flexibility index (Phi) is 5.94. The lowest BCUT2D eigenvalue weighted by molar-refractivity contribution is -0.624. The number of nitrogen functional groups attached to an aromatic ring is 2. The number of anilines is 1. The SMILES string of the molecule is COc1ccc[n+](N)c1N.Cc1cc(C)c(S(=O)(=O)[O-])c(C)c1. The summed E-state index contributed by atoms with van der Waals surface area (Å²) in [5.41, 5.74) is 7.51. The number of ether oxygens (including phenoxy) is 1. The third-order valence-electron chi connectivity index (χ3n) is 3.10. The van der Waals surface area contributed by atoms with Crippen molar-refractivity contribution < 1.29 is 22.4 Å². The number of rotatable bonds is 2. The molecule has 1 heterocycles. The molecule has 0 spiro atoms. The number of methoxy groups -OCH3 is 1. The van der Waals surface area contributed by atoms with Gasteiger partial charge in [0.2, 0.25) is 5.75 Å². The molecule has 0 saturated carbocycles. The first kappa shape index (κ1) is 18.7. The van der Waals surface area contributed by atoms with E-state index in [2.05, 4.69) is 0 Å². The van der Waals surface area contributed by atoms with E-state index < -0.39 is 10.1 Å². The molecule has 0 radical (unpaired) electrons. The van der Waals surface area contributed by atoms with Crippen LogP contribution in [0.3, 0.4) is 0 Å². The van der Waals surface area contributed by atoms with Crippen molar-refractivity contribution in [2.24, 2.45) is 0 Å². The largest absolute Gasteiger partial charge is 0.744 e. The third-order valence-corrected chi connectivity index (χ3v) is 4.24. The summed E-state index contributed by atoms with van der Waals surface area (Å²) in [5, 5.41) is 0. The topological polar surface area (TPSA) is 122 Å². The Morgan fingerprint density at radius 2 is 1.70 bits per heavy atom. The number of benzene rings is 1. The van der Waals surface area contributed by atoms with Gasteiger partial charge in [-0.15, -0.1) is 4.68 Å². The number of aromatic nitrogens is 1. The van der Waals surface area contributed by atoms with Crippen LogP contribution in [0.2, 0.25) is 0 Å². The lowest BCUT2D eigenvalue weighted by Crippen LogP contribution is -2.46. The molecular formula is C15H21N3O4S. The Morgan fingerprint density at radius 1 is 1.17 bits per heavy atom. The molecule has 2 rings (SSSR count). The molecular weight excluding hydrogens is 318 g/mol. The zero-order chi connectivity index (χ0) is 17.8. The first-order valence-electron chi connectivity index (χ1n) is 6.71. The standard InChI is InChI=1S/C9H12O3S.C6H9N3O/c1-6-4-7(2)9(8(3)5-6)13(10,11)12;1-10-5-3-2-4-9(8)6(5)7/h4-5H,1-3H3,(H,10,11,12);2-4,7H,8H2,1H3. The Morgan fingerprint density at radius 3 is 2.09 bits per heavy atom. The molecule has 0 aliphatic heterocycles. The number of hydrogen-bond donors (Lipinski definition) is 2. The summed E-state index contributed by atoms with van der Waals surface area (Å²) in [5.74, 6) is 6.42. The maximum absolute atomic E-state index is 10.8. The van der Waals surface area contributed by atoms with Crippen LogP contribution in [-0.4, -0.2) is 20.1 Å². The van der Waals surface area contributed by atoms with Gasteiger partial charge < -0.3 is 9.29 Å². The molecule has 0 amide bonds. The van der Waals surface area contributed by atoms with Gasteiger partial charge in [-0.25, -0.2) is 8.42 Å². The van der Waals surface area contributed by atoms with Crippen molar-refractivity contribution in [1.29, 1.82) is 0 Å². The van der Waals surface area contributed by atoms with Crippen LogP contribution in [0.15, 0.2) is 35.4 Å². The van der Waals surface area contributed by atoms with Gasteiger partial charge >= 0.3 is 5.82 Å². The second kappa shape index (κ2) is 7.30. The maximum atomic E-state index is 10.8. The van der Waals surface area contributed by atoms with Gasteiger partial charge in [-0.1, -0.05) is 17.7 Å². The molecule has 0 aliphatic rings. The van der Waals surface area contributed by atoms with Gasteiger partial charge in [-0.05, 0) is 44.0 Å². The lowest BCUT2D eigenvalue weighted by Gasteiger charge is -2.14. The van der Waals surface area contributed by atoms with E-state index in [1.165, 1.54) is 4.68 Å². The first-order chi connectivity index (χ1) is 10.6. The Hall–Kier alpha value is -2.32. The monoisotopic (exact) mass is 339 g/mol. The van der Waals surface area contributed by atoms with E-state index in [1.54, 1.807) is 51.4 Å². The van der Waals surface area contributed by atoms with Crippen LogP contribution >= 0.6 is 0 Å². The third kappa shape index (κ3) is 4.83. The zero-order valence-corrected chi connectivity index (χ0v) is 14.3. The summed E-state index contributed by atoms with van der Waals surface area (Å²) < 4.78 is 38.7. The molecule has 7 nitrogen and oxygen atoms in total. The van der Waals surface area contributed by atoms with Crippen LogP contribution in [0.1, 0.15) is 16.7 Å². The Balaban J connectivity index is 0.000000238. The van der Waals surface area contributed by atoms with Crippen molar-refractivity contribution in [1.82, 2.24) is 0 Å². The molecule has 2 aromatic rings.